The van der Waals surface area contributed by atoms with Gasteiger partial charge in [0.1, 0.15) is 11.9 Å². The molecule has 1 saturated heterocycles. The van der Waals surface area contributed by atoms with Crippen LogP contribution >= 0.6 is 11.6 Å². The van der Waals surface area contributed by atoms with E-state index >= 15 is 0 Å². The second-order valence-corrected chi connectivity index (χ2v) is 6.40. The van der Waals surface area contributed by atoms with Gasteiger partial charge in [-0.25, -0.2) is 9.78 Å². The number of rotatable bonds is 5. The summed E-state index contributed by atoms with van der Waals surface area (Å²) in [7, 11) is 3.05. The van der Waals surface area contributed by atoms with Crippen molar-refractivity contribution in [3.8, 4) is 17.6 Å². The van der Waals surface area contributed by atoms with Crippen LogP contribution in [-0.2, 0) is 0 Å². The number of likely N-dealkylation sites (tertiary alicyclic amines) is 1. The summed E-state index contributed by atoms with van der Waals surface area (Å²) >= 11 is 6.00. The van der Waals surface area contributed by atoms with Crippen molar-refractivity contribution in [1.29, 1.82) is 0 Å². The molecule has 2 heterocycles. The molecule has 0 atom stereocenters. The van der Waals surface area contributed by atoms with E-state index in [0.717, 1.165) is 0 Å². The molecule has 1 N–H and O–H groups in total. The average Bonchev–Trinajstić information content (AvgIpc) is 2.69. The minimum atomic E-state index is -0.197. The van der Waals surface area contributed by atoms with Crippen LogP contribution in [0.1, 0.15) is 12.8 Å². The molecule has 0 saturated carbocycles. The van der Waals surface area contributed by atoms with Crippen molar-refractivity contribution in [2.45, 2.75) is 18.9 Å². The van der Waals surface area contributed by atoms with Gasteiger partial charge in [-0.2, -0.15) is 4.98 Å². The molecule has 8 nitrogen and oxygen atoms in total. The van der Waals surface area contributed by atoms with Crippen LogP contribution in [0.4, 0.5) is 10.5 Å². The molecule has 0 radical (unpaired) electrons. The largest absolute Gasteiger partial charge is 0.495 e. The molecule has 144 valence electrons. The number of anilines is 1. The van der Waals surface area contributed by atoms with Gasteiger partial charge >= 0.3 is 12.0 Å². The molecule has 2 amide bonds. The molecule has 0 aliphatic carbocycles. The van der Waals surface area contributed by atoms with Crippen LogP contribution in [0.5, 0.6) is 17.6 Å². The summed E-state index contributed by atoms with van der Waals surface area (Å²) in [5, 5.41) is 3.38. The number of urea groups is 1. The first-order chi connectivity index (χ1) is 13.1. The molecule has 1 aromatic heterocycles. The monoisotopic (exact) mass is 392 g/mol. The SMILES string of the molecule is COc1nccc(OC2CCN(C(=O)Nc3cc(Cl)ccc3OC)CC2)n1. The van der Waals surface area contributed by atoms with Crippen LogP contribution in [0.2, 0.25) is 5.02 Å². The second-order valence-electron chi connectivity index (χ2n) is 5.96. The molecule has 3 rings (SSSR count). The molecule has 2 aromatic rings. The van der Waals surface area contributed by atoms with Crippen molar-refractivity contribution < 1.29 is 19.0 Å². The van der Waals surface area contributed by atoms with Gasteiger partial charge in [-0.1, -0.05) is 11.6 Å². The van der Waals surface area contributed by atoms with E-state index in [2.05, 4.69) is 15.3 Å². The Morgan fingerprint density at radius 1 is 1.22 bits per heavy atom. The Balaban J connectivity index is 1.54. The van der Waals surface area contributed by atoms with Crippen molar-refractivity contribution in [2.24, 2.45) is 0 Å². The number of ether oxygens (including phenoxy) is 3. The van der Waals surface area contributed by atoms with Crippen LogP contribution in [-0.4, -0.2) is 54.3 Å². The Hall–Kier alpha value is -2.74. The zero-order valence-electron chi connectivity index (χ0n) is 15.1. The quantitative estimate of drug-likeness (QED) is 0.840. The molecule has 27 heavy (non-hydrogen) atoms. The highest BCUT2D eigenvalue weighted by Crippen LogP contribution is 2.28. The van der Waals surface area contributed by atoms with E-state index in [4.69, 9.17) is 25.8 Å². The van der Waals surface area contributed by atoms with Crippen LogP contribution in [0.25, 0.3) is 0 Å². The predicted molar refractivity (Wildman–Crippen MR) is 101 cm³/mol. The predicted octanol–water partition coefficient (Wildman–Crippen LogP) is 3.22. The summed E-state index contributed by atoms with van der Waals surface area (Å²) in [4.78, 5) is 22.4. The van der Waals surface area contributed by atoms with Gasteiger partial charge in [0.05, 0.1) is 19.9 Å². The Kier molecular flexibility index (Phi) is 6.18. The molecule has 0 spiro atoms. The van der Waals surface area contributed by atoms with E-state index in [0.29, 0.717) is 48.3 Å². The highest BCUT2D eigenvalue weighted by molar-refractivity contribution is 6.31. The lowest BCUT2D eigenvalue weighted by Crippen LogP contribution is -2.43. The molecular weight excluding hydrogens is 372 g/mol. The van der Waals surface area contributed by atoms with E-state index in [1.54, 1.807) is 42.5 Å². The number of halogens is 1. The van der Waals surface area contributed by atoms with Crippen LogP contribution < -0.4 is 19.5 Å². The molecule has 1 aliphatic rings. The first kappa shape index (κ1) is 19.0. The minimum absolute atomic E-state index is 0.0191. The van der Waals surface area contributed by atoms with Crippen LogP contribution in [0.15, 0.2) is 30.5 Å². The standard InChI is InChI=1S/C18H21ClN4O4/c1-25-15-4-3-12(19)11-14(15)21-18(24)23-9-6-13(7-10-23)27-16-5-8-20-17(22-16)26-2/h3-5,8,11,13H,6-7,9-10H2,1-2H3,(H,21,24). The van der Waals surface area contributed by atoms with Crippen molar-refractivity contribution in [3.63, 3.8) is 0 Å². The fourth-order valence-electron chi connectivity index (χ4n) is 2.81. The lowest BCUT2D eigenvalue weighted by atomic mass is 10.1. The lowest BCUT2D eigenvalue weighted by molar-refractivity contribution is 0.110. The molecule has 1 aliphatic heterocycles. The molecule has 9 heteroatoms. The average molecular weight is 393 g/mol. The number of piperidine rings is 1. The maximum Gasteiger partial charge on any atom is 0.321 e. The summed E-state index contributed by atoms with van der Waals surface area (Å²) < 4.78 is 16.1. The summed E-state index contributed by atoms with van der Waals surface area (Å²) in [6.07, 6.45) is 2.97. The van der Waals surface area contributed by atoms with E-state index in [1.807, 2.05) is 0 Å². The number of benzene rings is 1. The van der Waals surface area contributed by atoms with E-state index in [9.17, 15) is 4.79 Å². The maximum absolute atomic E-state index is 12.5. The van der Waals surface area contributed by atoms with Gasteiger partial charge in [0.2, 0.25) is 5.88 Å². The Labute approximate surface area is 162 Å². The third-order valence-electron chi connectivity index (χ3n) is 4.21. The fraction of sp³-hybridized carbons (Fsp3) is 0.389. The molecule has 0 bridgehead atoms. The van der Waals surface area contributed by atoms with E-state index < -0.39 is 0 Å². The van der Waals surface area contributed by atoms with Gasteiger partial charge < -0.3 is 24.4 Å². The van der Waals surface area contributed by atoms with Crippen molar-refractivity contribution >= 4 is 23.3 Å². The fourth-order valence-corrected chi connectivity index (χ4v) is 2.98. The third-order valence-corrected chi connectivity index (χ3v) is 4.45. The lowest BCUT2D eigenvalue weighted by Gasteiger charge is -2.32. The van der Waals surface area contributed by atoms with E-state index in [-0.39, 0.29) is 18.1 Å². The zero-order chi connectivity index (χ0) is 19.2. The topological polar surface area (TPSA) is 85.8 Å². The minimum Gasteiger partial charge on any atom is -0.495 e. The normalized spacial score (nSPS) is 14.6. The third kappa shape index (κ3) is 4.91. The van der Waals surface area contributed by atoms with Gasteiger partial charge in [-0.3, -0.25) is 0 Å². The second kappa shape index (κ2) is 8.77. The number of aromatic nitrogens is 2. The number of amides is 2. The van der Waals surface area contributed by atoms with Crippen molar-refractivity contribution in [2.75, 3.05) is 32.6 Å². The number of carbonyl (C=O) groups excluding carboxylic acids is 1. The number of nitrogens with one attached hydrogen (secondary N) is 1. The maximum atomic E-state index is 12.5. The summed E-state index contributed by atoms with van der Waals surface area (Å²) in [6, 6.07) is 6.84. The molecule has 1 aromatic carbocycles. The highest BCUT2D eigenvalue weighted by atomic mass is 35.5. The van der Waals surface area contributed by atoms with Crippen molar-refractivity contribution in [3.05, 3.63) is 35.5 Å². The number of hydrogen-bond donors (Lipinski definition) is 1. The van der Waals surface area contributed by atoms with Gasteiger partial charge in [-0.15, -0.1) is 0 Å². The molecule has 0 unspecified atom stereocenters. The van der Waals surface area contributed by atoms with Gasteiger partial charge in [0.25, 0.3) is 0 Å². The molecular formula is C18H21ClN4O4. The molecule has 1 fully saturated rings. The highest BCUT2D eigenvalue weighted by Gasteiger charge is 2.25. The van der Waals surface area contributed by atoms with Gasteiger partial charge in [0, 0.05) is 43.2 Å². The van der Waals surface area contributed by atoms with Gasteiger partial charge in [0.15, 0.2) is 0 Å². The summed E-state index contributed by atoms with van der Waals surface area (Å²) in [6.45, 7) is 1.14. The summed E-state index contributed by atoms with van der Waals surface area (Å²) in [5.74, 6) is 1.03. The first-order valence-electron chi connectivity index (χ1n) is 8.52. The van der Waals surface area contributed by atoms with Crippen LogP contribution in [0, 0.1) is 0 Å². The van der Waals surface area contributed by atoms with E-state index in [1.165, 1.54) is 7.11 Å². The number of nitrogens with zero attached hydrogens (tertiary/aromatic N) is 3. The summed E-state index contributed by atoms with van der Waals surface area (Å²) in [5.41, 5.74) is 0.543. The van der Waals surface area contributed by atoms with Gasteiger partial charge in [-0.05, 0) is 18.2 Å². The zero-order valence-corrected chi connectivity index (χ0v) is 15.9. The Morgan fingerprint density at radius 2 is 2.00 bits per heavy atom. The van der Waals surface area contributed by atoms with Crippen LogP contribution in [0.3, 0.4) is 0 Å². The first-order valence-corrected chi connectivity index (χ1v) is 8.90. The smallest absolute Gasteiger partial charge is 0.321 e. The Morgan fingerprint density at radius 3 is 2.70 bits per heavy atom. The number of methoxy groups -OCH3 is 2. The Bertz CT molecular complexity index is 797. The number of carbonyl (C=O) groups is 1. The van der Waals surface area contributed by atoms with Crippen molar-refractivity contribution in [1.82, 2.24) is 14.9 Å². The number of hydrogen-bond acceptors (Lipinski definition) is 6.